The summed E-state index contributed by atoms with van der Waals surface area (Å²) >= 11 is 0. The lowest BCUT2D eigenvalue weighted by Gasteiger charge is -2.07. The van der Waals surface area contributed by atoms with Gasteiger partial charge in [0.1, 0.15) is 0 Å². The fraction of sp³-hybridized carbons (Fsp3) is 1.00. The first kappa shape index (κ1) is 16.3. The average molecular weight is 228 g/mol. The molecule has 0 amide bonds. The van der Waals surface area contributed by atoms with E-state index in [1.807, 2.05) is 0 Å². The lowest BCUT2D eigenvalue weighted by atomic mass is 10.2. The maximum atomic E-state index is 11.2. The molecule has 0 unspecified atom stereocenters. The minimum atomic E-state index is -3.26. The molecule has 0 saturated carbocycles. The van der Waals surface area contributed by atoms with Crippen LogP contribution >= 0.6 is 0 Å². The molecule has 0 aliphatic carbocycles. The SMILES string of the molecule is CCCCCCS(=O)(=O)OC(C)C.F. The van der Waals surface area contributed by atoms with Crippen molar-refractivity contribution in [1.82, 2.24) is 0 Å². The van der Waals surface area contributed by atoms with Crippen LogP contribution < -0.4 is 0 Å². The summed E-state index contributed by atoms with van der Waals surface area (Å²) in [5.74, 6) is 0.158. The summed E-state index contributed by atoms with van der Waals surface area (Å²) in [7, 11) is -3.26. The molecule has 14 heavy (non-hydrogen) atoms. The van der Waals surface area contributed by atoms with E-state index in [-0.39, 0.29) is 16.6 Å². The van der Waals surface area contributed by atoms with Crippen LogP contribution in [0, 0.1) is 0 Å². The average Bonchev–Trinajstić information content (AvgIpc) is 1.95. The normalized spacial score (nSPS) is 11.4. The molecular weight excluding hydrogens is 207 g/mol. The first-order valence-corrected chi connectivity index (χ1v) is 6.46. The summed E-state index contributed by atoms with van der Waals surface area (Å²) in [4.78, 5) is 0. The van der Waals surface area contributed by atoms with Gasteiger partial charge in [0.25, 0.3) is 10.1 Å². The minimum Gasteiger partial charge on any atom is -0.269 e. The molecule has 0 aromatic rings. The first-order valence-electron chi connectivity index (χ1n) is 4.89. The predicted molar refractivity (Wildman–Crippen MR) is 56.7 cm³/mol. The smallest absolute Gasteiger partial charge is 0.267 e. The fourth-order valence-electron chi connectivity index (χ4n) is 1.05. The van der Waals surface area contributed by atoms with E-state index in [1.165, 1.54) is 0 Å². The molecule has 0 bridgehead atoms. The molecule has 0 saturated heterocycles. The van der Waals surface area contributed by atoms with Crippen LogP contribution in [-0.2, 0) is 14.3 Å². The highest BCUT2D eigenvalue weighted by Crippen LogP contribution is 2.05. The number of unbranched alkanes of at least 4 members (excludes halogenated alkanes) is 3. The van der Waals surface area contributed by atoms with Gasteiger partial charge >= 0.3 is 0 Å². The highest BCUT2D eigenvalue weighted by atomic mass is 32.2. The third kappa shape index (κ3) is 9.92. The Morgan fingerprint density at radius 2 is 1.71 bits per heavy atom. The fourth-order valence-corrected chi connectivity index (χ4v) is 2.29. The molecule has 0 fully saturated rings. The van der Waals surface area contributed by atoms with Crippen molar-refractivity contribution in [3.05, 3.63) is 0 Å². The van der Waals surface area contributed by atoms with Crippen molar-refractivity contribution in [3.8, 4) is 0 Å². The third-order valence-electron chi connectivity index (χ3n) is 1.59. The van der Waals surface area contributed by atoms with E-state index in [2.05, 4.69) is 6.92 Å². The molecule has 0 spiro atoms. The monoisotopic (exact) mass is 228 g/mol. The molecule has 0 aromatic carbocycles. The van der Waals surface area contributed by atoms with Crippen LogP contribution in [0.25, 0.3) is 0 Å². The third-order valence-corrected chi connectivity index (χ3v) is 3.05. The van der Waals surface area contributed by atoms with Gasteiger partial charge in [0.15, 0.2) is 0 Å². The van der Waals surface area contributed by atoms with Crippen molar-refractivity contribution < 1.29 is 17.3 Å². The van der Waals surface area contributed by atoms with Crippen molar-refractivity contribution >= 4 is 10.1 Å². The van der Waals surface area contributed by atoms with Crippen molar-refractivity contribution in [2.45, 2.75) is 52.6 Å². The van der Waals surface area contributed by atoms with Crippen molar-refractivity contribution in [2.24, 2.45) is 0 Å². The second kappa shape index (κ2) is 8.17. The number of hydrogen-bond donors (Lipinski definition) is 0. The molecule has 0 heterocycles. The van der Waals surface area contributed by atoms with Crippen LogP contribution in [0.2, 0.25) is 0 Å². The largest absolute Gasteiger partial charge is 0.269 e. The van der Waals surface area contributed by atoms with Gasteiger partial charge in [-0.25, -0.2) is 0 Å². The van der Waals surface area contributed by atoms with Gasteiger partial charge in [0, 0.05) is 0 Å². The summed E-state index contributed by atoms with van der Waals surface area (Å²) in [6, 6.07) is 0. The van der Waals surface area contributed by atoms with Crippen molar-refractivity contribution in [2.75, 3.05) is 5.75 Å². The van der Waals surface area contributed by atoms with E-state index >= 15 is 0 Å². The minimum absolute atomic E-state index is 0. The van der Waals surface area contributed by atoms with E-state index in [0.29, 0.717) is 6.42 Å². The zero-order valence-electron chi connectivity index (χ0n) is 9.15. The maximum absolute atomic E-state index is 11.2. The summed E-state index contributed by atoms with van der Waals surface area (Å²) in [6.07, 6.45) is 3.65. The molecule has 0 N–H and O–H groups in total. The molecule has 3 nitrogen and oxygen atoms in total. The second-order valence-corrected chi connectivity index (χ2v) is 5.18. The predicted octanol–water partition coefficient (Wildman–Crippen LogP) is 2.47. The van der Waals surface area contributed by atoms with Crippen LogP contribution in [-0.4, -0.2) is 20.3 Å². The Kier molecular flexibility index (Phi) is 9.50. The molecule has 88 valence electrons. The van der Waals surface area contributed by atoms with Gasteiger partial charge in [-0.1, -0.05) is 26.2 Å². The summed E-state index contributed by atoms with van der Waals surface area (Å²) < 4.78 is 27.2. The topological polar surface area (TPSA) is 43.4 Å². The van der Waals surface area contributed by atoms with Gasteiger partial charge in [-0.2, -0.15) is 8.42 Å². The molecule has 5 heteroatoms. The summed E-state index contributed by atoms with van der Waals surface area (Å²) in [5, 5.41) is 0. The second-order valence-electron chi connectivity index (χ2n) is 3.47. The van der Waals surface area contributed by atoms with Gasteiger partial charge in [0.05, 0.1) is 11.9 Å². The van der Waals surface area contributed by atoms with E-state index in [4.69, 9.17) is 4.18 Å². The Morgan fingerprint density at radius 3 is 2.14 bits per heavy atom. The lowest BCUT2D eigenvalue weighted by molar-refractivity contribution is 0.248. The van der Waals surface area contributed by atoms with E-state index in [9.17, 15) is 8.42 Å². The Balaban J connectivity index is 0. The van der Waals surface area contributed by atoms with Gasteiger partial charge in [-0.05, 0) is 20.3 Å². The van der Waals surface area contributed by atoms with E-state index in [1.54, 1.807) is 13.8 Å². The Bertz CT molecular complexity index is 212. The molecular formula is C9H21FO3S. The van der Waals surface area contributed by atoms with Crippen LogP contribution in [0.4, 0.5) is 4.70 Å². The van der Waals surface area contributed by atoms with E-state index < -0.39 is 10.1 Å². The maximum Gasteiger partial charge on any atom is 0.267 e. The molecule has 0 aromatic heterocycles. The molecule has 0 aliphatic heterocycles. The lowest BCUT2D eigenvalue weighted by Crippen LogP contribution is -2.15. The molecule has 0 radical (unpaired) electrons. The molecule has 0 rings (SSSR count). The Morgan fingerprint density at radius 1 is 1.14 bits per heavy atom. The van der Waals surface area contributed by atoms with Gasteiger partial charge in [0.2, 0.25) is 0 Å². The number of hydrogen-bond acceptors (Lipinski definition) is 3. The Hall–Kier alpha value is -0.160. The van der Waals surface area contributed by atoms with Crippen LogP contribution in [0.3, 0.4) is 0 Å². The van der Waals surface area contributed by atoms with Gasteiger partial charge in [-0.3, -0.25) is 8.89 Å². The number of rotatable bonds is 7. The summed E-state index contributed by atoms with van der Waals surface area (Å²) in [6.45, 7) is 5.55. The van der Waals surface area contributed by atoms with Crippen LogP contribution in [0.15, 0.2) is 0 Å². The van der Waals surface area contributed by atoms with Crippen molar-refractivity contribution in [1.29, 1.82) is 0 Å². The van der Waals surface area contributed by atoms with Crippen molar-refractivity contribution in [3.63, 3.8) is 0 Å². The molecule has 0 aliphatic rings. The standard InChI is InChI=1S/C9H20O3S.FH/c1-4-5-6-7-8-13(10,11)12-9(2)3;/h9H,4-8H2,1-3H3;1H. The zero-order valence-corrected chi connectivity index (χ0v) is 9.97. The highest BCUT2D eigenvalue weighted by molar-refractivity contribution is 7.86. The Labute approximate surface area is 86.3 Å². The van der Waals surface area contributed by atoms with Gasteiger partial charge < -0.3 is 0 Å². The molecule has 0 atom stereocenters. The van der Waals surface area contributed by atoms with Gasteiger partial charge in [-0.15, -0.1) is 0 Å². The van der Waals surface area contributed by atoms with E-state index in [0.717, 1.165) is 19.3 Å². The zero-order chi connectivity index (χ0) is 10.3. The quantitative estimate of drug-likeness (QED) is 0.496. The first-order chi connectivity index (χ1) is 5.98. The van der Waals surface area contributed by atoms with Crippen LogP contribution in [0.5, 0.6) is 0 Å². The summed E-state index contributed by atoms with van der Waals surface area (Å²) in [5.41, 5.74) is 0. The number of halogens is 1. The highest BCUT2D eigenvalue weighted by Gasteiger charge is 2.12. The van der Waals surface area contributed by atoms with Crippen LogP contribution in [0.1, 0.15) is 46.5 Å².